The van der Waals surface area contributed by atoms with Crippen LogP contribution in [0.5, 0.6) is 11.5 Å². The van der Waals surface area contributed by atoms with Crippen LogP contribution in [-0.2, 0) is 9.59 Å². The van der Waals surface area contributed by atoms with E-state index < -0.39 is 11.3 Å². The highest BCUT2D eigenvalue weighted by atomic mass is 79.9. The third-order valence-corrected chi connectivity index (χ3v) is 5.85. The van der Waals surface area contributed by atoms with E-state index in [2.05, 4.69) is 21.2 Å². The molecular formula is C24H17BrCl3NO4. The second-order valence-electron chi connectivity index (χ2n) is 6.89. The van der Waals surface area contributed by atoms with Gasteiger partial charge in [0.1, 0.15) is 11.1 Å². The molecule has 1 atom stereocenters. The fourth-order valence-electron chi connectivity index (χ4n) is 2.81. The highest BCUT2D eigenvalue weighted by Gasteiger charge is 2.18. The van der Waals surface area contributed by atoms with Crippen LogP contribution in [0.2, 0.25) is 10.0 Å². The van der Waals surface area contributed by atoms with Crippen molar-refractivity contribution in [2.24, 2.45) is 0 Å². The average molecular weight is 570 g/mol. The number of benzene rings is 3. The van der Waals surface area contributed by atoms with E-state index in [4.69, 9.17) is 39.5 Å². The zero-order chi connectivity index (χ0) is 24.1. The second kappa shape index (κ2) is 11.1. The van der Waals surface area contributed by atoms with E-state index in [1.807, 2.05) is 18.2 Å². The first-order valence-corrected chi connectivity index (χ1v) is 11.6. The molecule has 0 aliphatic heterocycles. The molecule has 2 N–H and O–H groups in total. The van der Waals surface area contributed by atoms with Gasteiger partial charge in [0.05, 0.1) is 21.3 Å². The summed E-state index contributed by atoms with van der Waals surface area (Å²) >= 11 is 22.0. The van der Waals surface area contributed by atoms with E-state index in [9.17, 15) is 14.7 Å². The van der Waals surface area contributed by atoms with Gasteiger partial charge < -0.3 is 15.2 Å². The van der Waals surface area contributed by atoms with Crippen molar-refractivity contribution in [2.75, 3.05) is 5.32 Å². The number of alkyl halides is 1. The predicted octanol–water partition coefficient (Wildman–Crippen LogP) is 7.74. The molecule has 170 valence electrons. The molecule has 0 fully saturated rings. The van der Waals surface area contributed by atoms with Gasteiger partial charge >= 0.3 is 5.97 Å². The number of aliphatic carboxylic acids is 1. The molecule has 0 radical (unpaired) electrons. The Morgan fingerprint density at radius 3 is 2.24 bits per heavy atom. The van der Waals surface area contributed by atoms with Gasteiger partial charge in [0.25, 0.3) is 0 Å². The van der Waals surface area contributed by atoms with E-state index in [1.165, 1.54) is 18.2 Å². The van der Waals surface area contributed by atoms with Gasteiger partial charge in [-0.3, -0.25) is 4.79 Å². The normalized spacial score (nSPS) is 12.2. The van der Waals surface area contributed by atoms with Crippen molar-refractivity contribution >= 4 is 79.9 Å². The van der Waals surface area contributed by atoms with Gasteiger partial charge in [-0.1, -0.05) is 53.5 Å². The number of carboxylic acids is 1. The molecule has 1 unspecified atom stereocenters. The molecule has 3 aromatic rings. The van der Waals surface area contributed by atoms with Crippen LogP contribution >= 0.6 is 50.7 Å². The number of rotatable bonds is 7. The minimum atomic E-state index is -1.12. The van der Waals surface area contributed by atoms with Gasteiger partial charge in [0.2, 0.25) is 5.91 Å². The van der Waals surface area contributed by atoms with Crippen molar-refractivity contribution in [3.05, 3.63) is 86.3 Å². The molecule has 0 spiro atoms. The molecule has 33 heavy (non-hydrogen) atoms. The van der Waals surface area contributed by atoms with Crippen LogP contribution in [-0.4, -0.2) is 22.4 Å². The van der Waals surface area contributed by atoms with E-state index in [0.29, 0.717) is 21.5 Å². The molecule has 0 aliphatic rings. The second-order valence-corrected chi connectivity index (χ2v) is 9.22. The average Bonchev–Trinajstić information content (AvgIpc) is 2.76. The summed E-state index contributed by atoms with van der Waals surface area (Å²) in [7, 11) is 0. The number of amides is 1. The van der Waals surface area contributed by atoms with E-state index in [-0.39, 0.29) is 27.3 Å². The minimum Gasteiger partial charge on any atom is -0.478 e. The Bertz CT molecular complexity index is 1210. The number of ether oxygens (including phenoxy) is 1. The fourth-order valence-corrected chi connectivity index (χ4v) is 3.88. The molecule has 9 heteroatoms. The number of carboxylic acid groups (broad SMARTS) is 1. The summed E-state index contributed by atoms with van der Waals surface area (Å²) in [4.78, 5) is 23.7. The molecule has 0 saturated heterocycles. The van der Waals surface area contributed by atoms with Gasteiger partial charge in [0, 0.05) is 4.47 Å². The summed E-state index contributed by atoms with van der Waals surface area (Å²) in [6.45, 7) is 1.57. The topological polar surface area (TPSA) is 75.6 Å². The van der Waals surface area contributed by atoms with Gasteiger partial charge in [-0.05, 0) is 70.4 Å². The Morgan fingerprint density at radius 1 is 1.06 bits per heavy atom. The highest BCUT2D eigenvalue weighted by Crippen LogP contribution is 2.40. The van der Waals surface area contributed by atoms with Crippen molar-refractivity contribution in [2.45, 2.75) is 12.3 Å². The van der Waals surface area contributed by atoms with Crippen molar-refractivity contribution in [1.82, 2.24) is 0 Å². The zero-order valence-electron chi connectivity index (χ0n) is 17.1. The predicted molar refractivity (Wildman–Crippen MR) is 137 cm³/mol. The third kappa shape index (κ3) is 6.51. The van der Waals surface area contributed by atoms with E-state index in [0.717, 1.165) is 5.56 Å². The quantitative estimate of drug-likeness (QED) is 0.173. The summed E-state index contributed by atoms with van der Waals surface area (Å²) in [6.07, 6.45) is 1.54. The molecule has 0 saturated carbocycles. The smallest absolute Gasteiger partial charge is 0.336 e. The lowest BCUT2D eigenvalue weighted by Gasteiger charge is -2.14. The lowest BCUT2D eigenvalue weighted by atomic mass is 10.0. The standard InChI is InChI=1S/C24H17BrCl3NO4/c1-13(26)23(30)29-21-8-7-16(12-18(21)25)33-22-19(27)10-15(11-20(22)28)17(24(31)32)9-14-5-3-2-4-6-14/h2-13H,1H3,(H,29,30)(H,31,32). The SMILES string of the molecule is CC(Cl)C(=O)Nc1ccc(Oc2c(Cl)cc(C(=Cc3ccccc3)C(=O)O)cc2Cl)cc1Br. The molecule has 5 nitrogen and oxygen atoms in total. The number of nitrogens with one attached hydrogen (secondary N) is 1. The first-order chi connectivity index (χ1) is 15.7. The largest absolute Gasteiger partial charge is 0.478 e. The van der Waals surface area contributed by atoms with Crippen LogP contribution in [0.4, 0.5) is 5.69 Å². The number of hydrogen-bond acceptors (Lipinski definition) is 3. The van der Waals surface area contributed by atoms with Crippen LogP contribution in [0.1, 0.15) is 18.1 Å². The Morgan fingerprint density at radius 2 is 1.70 bits per heavy atom. The van der Waals surface area contributed by atoms with E-state index in [1.54, 1.807) is 37.3 Å². The van der Waals surface area contributed by atoms with Crippen molar-refractivity contribution in [1.29, 1.82) is 0 Å². The summed E-state index contributed by atoms with van der Waals surface area (Å²) in [5.74, 6) is -0.892. The summed E-state index contributed by atoms with van der Waals surface area (Å²) in [5.41, 5.74) is 1.61. The van der Waals surface area contributed by atoms with Crippen molar-refractivity contribution in [3.8, 4) is 11.5 Å². The molecule has 0 aliphatic carbocycles. The Labute approximate surface area is 214 Å². The lowest BCUT2D eigenvalue weighted by Crippen LogP contribution is -2.20. The molecule has 1 amide bonds. The number of anilines is 1. The third-order valence-electron chi connectivity index (χ3n) is 4.43. The maximum absolute atomic E-state index is 11.9. The van der Waals surface area contributed by atoms with Crippen LogP contribution in [0.3, 0.4) is 0 Å². The van der Waals surface area contributed by atoms with E-state index >= 15 is 0 Å². The number of carbonyl (C=O) groups is 2. The number of hydrogen-bond donors (Lipinski definition) is 2. The molecule has 3 rings (SSSR count). The first kappa shape index (κ1) is 25.1. The molecule has 0 bridgehead atoms. The lowest BCUT2D eigenvalue weighted by molar-refractivity contribution is -0.130. The van der Waals surface area contributed by atoms with Gasteiger partial charge in [-0.15, -0.1) is 11.6 Å². The van der Waals surface area contributed by atoms with Crippen LogP contribution in [0.15, 0.2) is 65.1 Å². The molecule has 3 aromatic carbocycles. The van der Waals surface area contributed by atoms with Gasteiger partial charge in [-0.2, -0.15) is 0 Å². The van der Waals surface area contributed by atoms with Gasteiger partial charge in [0.15, 0.2) is 5.75 Å². The number of carbonyl (C=O) groups excluding carboxylic acids is 1. The first-order valence-electron chi connectivity index (χ1n) is 9.57. The van der Waals surface area contributed by atoms with Crippen molar-refractivity contribution < 1.29 is 19.4 Å². The Kier molecular flexibility index (Phi) is 8.43. The molecular weight excluding hydrogens is 553 g/mol. The highest BCUT2D eigenvalue weighted by molar-refractivity contribution is 9.10. The summed E-state index contributed by atoms with van der Waals surface area (Å²) in [6, 6.07) is 16.9. The maximum Gasteiger partial charge on any atom is 0.336 e. The van der Waals surface area contributed by atoms with Crippen LogP contribution in [0.25, 0.3) is 11.6 Å². The Balaban J connectivity index is 1.89. The summed E-state index contributed by atoms with van der Waals surface area (Å²) < 4.78 is 6.41. The number of halogens is 4. The molecule has 0 aromatic heterocycles. The van der Waals surface area contributed by atoms with Crippen LogP contribution < -0.4 is 10.1 Å². The maximum atomic E-state index is 11.9. The zero-order valence-corrected chi connectivity index (χ0v) is 21.0. The monoisotopic (exact) mass is 567 g/mol. The molecule has 0 heterocycles. The summed E-state index contributed by atoms with van der Waals surface area (Å²) in [5, 5.41) is 12.0. The Hall–Kier alpha value is -2.51. The van der Waals surface area contributed by atoms with Crippen LogP contribution in [0, 0.1) is 0 Å². The minimum absolute atomic E-state index is 0.0351. The van der Waals surface area contributed by atoms with Gasteiger partial charge in [-0.25, -0.2) is 4.79 Å². The van der Waals surface area contributed by atoms with Crippen molar-refractivity contribution in [3.63, 3.8) is 0 Å². The fraction of sp³-hybridized carbons (Fsp3) is 0.0833.